The van der Waals surface area contributed by atoms with Gasteiger partial charge in [-0.05, 0) is 18.6 Å². The van der Waals surface area contributed by atoms with E-state index in [1.165, 1.54) is 0 Å². The highest BCUT2D eigenvalue weighted by molar-refractivity contribution is 9.10. The number of rotatable bonds is 1. The molecular formula is C10H12BrNO. The molecule has 3 heteroatoms. The minimum atomic E-state index is 0.0353. The van der Waals surface area contributed by atoms with E-state index < -0.39 is 0 Å². The highest BCUT2D eigenvalue weighted by atomic mass is 79.9. The molecule has 0 amide bonds. The molecule has 2 atom stereocenters. The van der Waals surface area contributed by atoms with Crippen molar-refractivity contribution in [3.05, 3.63) is 28.2 Å². The molecule has 2 nitrogen and oxygen atoms in total. The number of hydrogen-bond acceptors (Lipinski definition) is 2. The molecule has 0 bridgehead atoms. The van der Waals surface area contributed by atoms with Gasteiger partial charge in [0.15, 0.2) is 0 Å². The van der Waals surface area contributed by atoms with E-state index in [-0.39, 0.29) is 12.1 Å². The molecule has 0 radical (unpaired) electrons. The Morgan fingerprint density at radius 3 is 3.00 bits per heavy atom. The normalized spacial score (nSPS) is 25.5. The quantitative estimate of drug-likeness (QED) is 0.821. The van der Waals surface area contributed by atoms with Crippen molar-refractivity contribution in [3.8, 4) is 5.75 Å². The molecule has 0 saturated carbocycles. The molecule has 2 unspecified atom stereocenters. The summed E-state index contributed by atoms with van der Waals surface area (Å²) in [6.45, 7) is 2.09. The van der Waals surface area contributed by atoms with Crippen LogP contribution in [0.3, 0.4) is 0 Å². The van der Waals surface area contributed by atoms with E-state index in [1.54, 1.807) is 0 Å². The van der Waals surface area contributed by atoms with Gasteiger partial charge in [-0.25, -0.2) is 0 Å². The molecular weight excluding hydrogens is 230 g/mol. The lowest BCUT2D eigenvalue weighted by Crippen LogP contribution is -2.24. The fourth-order valence-electron chi connectivity index (χ4n) is 1.66. The second kappa shape index (κ2) is 3.31. The molecule has 70 valence electrons. The smallest absolute Gasteiger partial charge is 0.125 e. The van der Waals surface area contributed by atoms with Crippen molar-refractivity contribution in [2.24, 2.45) is 5.73 Å². The lowest BCUT2D eigenvalue weighted by molar-refractivity contribution is 0.202. The Bertz CT molecular complexity index is 327. The third-order valence-electron chi connectivity index (χ3n) is 2.42. The molecule has 0 fully saturated rings. The fraction of sp³-hybridized carbons (Fsp3) is 0.400. The average Bonchev–Trinajstić information content (AvgIpc) is 2.42. The summed E-state index contributed by atoms with van der Waals surface area (Å²) >= 11 is 3.41. The van der Waals surface area contributed by atoms with Crippen LogP contribution in [0.25, 0.3) is 0 Å². The highest BCUT2D eigenvalue weighted by Gasteiger charge is 2.29. The molecule has 0 spiro atoms. The van der Waals surface area contributed by atoms with Crippen LogP contribution < -0.4 is 10.5 Å². The van der Waals surface area contributed by atoms with Crippen molar-refractivity contribution >= 4 is 15.9 Å². The average molecular weight is 242 g/mol. The van der Waals surface area contributed by atoms with Crippen LogP contribution in [0.2, 0.25) is 0 Å². The van der Waals surface area contributed by atoms with Crippen LogP contribution in [0.5, 0.6) is 5.75 Å². The van der Waals surface area contributed by atoms with Crippen LogP contribution in [-0.4, -0.2) is 6.10 Å². The molecule has 1 heterocycles. The molecule has 0 aromatic heterocycles. The summed E-state index contributed by atoms with van der Waals surface area (Å²) < 4.78 is 6.73. The maximum Gasteiger partial charge on any atom is 0.125 e. The molecule has 2 rings (SSSR count). The second-order valence-corrected chi connectivity index (χ2v) is 4.19. The number of ether oxygens (including phenoxy) is 1. The van der Waals surface area contributed by atoms with Gasteiger partial charge in [0.2, 0.25) is 0 Å². The Kier molecular flexibility index (Phi) is 2.30. The lowest BCUT2D eigenvalue weighted by atomic mass is 10.0. The van der Waals surface area contributed by atoms with E-state index in [2.05, 4.69) is 22.9 Å². The summed E-state index contributed by atoms with van der Waals surface area (Å²) in [5.74, 6) is 0.925. The Labute approximate surface area is 86.2 Å². The van der Waals surface area contributed by atoms with Gasteiger partial charge in [-0.2, -0.15) is 0 Å². The number of fused-ring (bicyclic) bond motifs is 1. The summed E-state index contributed by atoms with van der Waals surface area (Å²) in [7, 11) is 0. The Morgan fingerprint density at radius 2 is 2.31 bits per heavy atom. The van der Waals surface area contributed by atoms with Gasteiger partial charge in [-0.15, -0.1) is 0 Å². The topological polar surface area (TPSA) is 35.2 Å². The van der Waals surface area contributed by atoms with E-state index >= 15 is 0 Å². The largest absolute Gasteiger partial charge is 0.488 e. The van der Waals surface area contributed by atoms with E-state index in [1.807, 2.05) is 18.2 Å². The third kappa shape index (κ3) is 1.46. The van der Waals surface area contributed by atoms with Gasteiger partial charge >= 0.3 is 0 Å². The van der Waals surface area contributed by atoms with Crippen molar-refractivity contribution in [1.29, 1.82) is 0 Å². The van der Waals surface area contributed by atoms with Crippen molar-refractivity contribution in [2.75, 3.05) is 0 Å². The molecule has 1 aromatic carbocycles. The van der Waals surface area contributed by atoms with Gasteiger partial charge in [0.1, 0.15) is 11.9 Å². The SMILES string of the molecule is CCC1Oc2cc(Br)ccc2C1N. The van der Waals surface area contributed by atoms with Gasteiger partial charge in [0.25, 0.3) is 0 Å². The summed E-state index contributed by atoms with van der Waals surface area (Å²) in [6, 6.07) is 6.04. The first-order valence-corrected chi connectivity index (χ1v) is 5.23. The van der Waals surface area contributed by atoms with Crippen molar-refractivity contribution in [3.63, 3.8) is 0 Å². The van der Waals surface area contributed by atoms with Gasteiger partial charge in [-0.3, -0.25) is 0 Å². The zero-order valence-corrected chi connectivity index (χ0v) is 9.04. The van der Waals surface area contributed by atoms with Crippen molar-refractivity contribution in [1.82, 2.24) is 0 Å². The van der Waals surface area contributed by atoms with Gasteiger partial charge in [-0.1, -0.05) is 28.9 Å². The minimum absolute atomic E-state index is 0.0353. The second-order valence-electron chi connectivity index (χ2n) is 3.27. The van der Waals surface area contributed by atoms with Crippen LogP contribution in [0, 0.1) is 0 Å². The maximum absolute atomic E-state index is 6.01. The van der Waals surface area contributed by atoms with Crippen LogP contribution in [0.15, 0.2) is 22.7 Å². The van der Waals surface area contributed by atoms with Crippen LogP contribution in [0.4, 0.5) is 0 Å². The highest BCUT2D eigenvalue weighted by Crippen LogP contribution is 2.37. The summed E-state index contributed by atoms with van der Waals surface area (Å²) in [6.07, 6.45) is 1.09. The number of hydrogen-bond donors (Lipinski definition) is 1. The Morgan fingerprint density at radius 1 is 1.54 bits per heavy atom. The number of benzene rings is 1. The first kappa shape index (κ1) is 9.03. The Balaban J connectivity index is 2.38. The van der Waals surface area contributed by atoms with Gasteiger partial charge in [0, 0.05) is 10.0 Å². The predicted octanol–water partition coefficient (Wildman–Crippen LogP) is 2.62. The molecule has 1 aromatic rings. The van der Waals surface area contributed by atoms with Gasteiger partial charge in [0.05, 0.1) is 6.04 Å². The monoisotopic (exact) mass is 241 g/mol. The summed E-state index contributed by atoms with van der Waals surface area (Å²) in [5, 5.41) is 0. The molecule has 1 aliphatic rings. The zero-order chi connectivity index (χ0) is 9.42. The van der Waals surface area contributed by atoms with Gasteiger partial charge < -0.3 is 10.5 Å². The first-order chi connectivity index (χ1) is 6.22. The molecule has 0 saturated heterocycles. The van der Waals surface area contributed by atoms with Crippen LogP contribution in [-0.2, 0) is 0 Å². The van der Waals surface area contributed by atoms with Crippen LogP contribution in [0.1, 0.15) is 24.9 Å². The van der Waals surface area contributed by atoms with E-state index in [0.717, 1.165) is 22.2 Å². The van der Waals surface area contributed by atoms with Crippen molar-refractivity contribution in [2.45, 2.75) is 25.5 Å². The van der Waals surface area contributed by atoms with E-state index in [4.69, 9.17) is 10.5 Å². The Hall–Kier alpha value is -0.540. The predicted molar refractivity (Wildman–Crippen MR) is 55.8 cm³/mol. The van der Waals surface area contributed by atoms with Crippen LogP contribution >= 0.6 is 15.9 Å². The van der Waals surface area contributed by atoms with E-state index in [0.29, 0.717) is 0 Å². The number of nitrogens with two attached hydrogens (primary N) is 1. The summed E-state index contributed by atoms with van der Waals surface area (Å²) in [5.41, 5.74) is 7.13. The summed E-state index contributed by atoms with van der Waals surface area (Å²) in [4.78, 5) is 0. The molecule has 0 aliphatic carbocycles. The minimum Gasteiger partial charge on any atom is -0.488 e. The molecule has 2 N–H and O–H groups in total. The first-order valence-electron chi connectivity index (χ1n) is 4.44. The lowest BCUT2D eigenvalue weighted by Gasteiger charge is -2.11. The standard InChI is InChI=1S/C10H12BrNO/c1-2-8-10(12)7-4-3-6(11)5-9(7)13-8/h3-5,8,10H,2,12H2,1H3. The third-order valence-corrected chi connectivity index (χ3v) is 2.91. The van der Waals surface area contributed by atoms with E-state index in [9.17, 15) is 0 Å². The fourth-order valence-corrected chi connectivity index (χ4v) is 2.00. The van der Waals surface area contributed by atoms with Crippen molar-refractivity contribution < 1.29 is 4.74 Å². The molecule has 13 heavy (non-hydrogen) atoms. The molecule has 1 aliphatic heterocycles. The maximum atomic E-state index is 6.01. The number of halogens is 1. The zero-order valence-electron chi connectivity index (χ0n) is 7.46.